The number of carbonyl (C=O) groups is 2. The largest absolute Gasteiger partial charge is 0.481 e. The van der Waals surface area contributed by atoms with Crippen LogP contribution in [0.4, 0.5) is 0 Å². The Morgan fingerprint density at radius 1 is 1.50 bits per heavy atom. The van der Waals surface area contributed by atoms with Gasteiger partial charge >= 0.3 is 5.97 Å². The number of carboxylic acids is 1. The van der Waals surface area contributed by atoms with E-state index in [0.29, 0.717) is 0 Å². The first kappa shape index (κ1) is 10.4. The number of aliphatic carboxylic acids is 1. The van der Waals surface area contributed by atoms with Gasteiger partial charge in [-0.1, -0.05) is 13.8 Å². The third kappa shape index (κ3) is 1.99. The van der Waals surface area contributed by atoms with E-state index in [1.54, 1.807) is 13.8 Å². The van der Waals surface area contributed by atoms with Crippen LogP contribution in [-0.4, -0.2) is 26.8 Å². The number of hydrogen-bond donors (Lipinski definition) is 2. The topological polar surface area (TPSA) is 83.0 Å². The fourth-order valence-corrected chi connectivity index (χ4v) is 1.25. The predicted octanol–water partition coefficient (Wildman–Crippen LogP) is 0.949. The molecule has 1 rings (SSSR count). The lowest BCUT2D eigenvalue weighted by Gasteiger charge is -2.12. The molecule has 0 radical (unpaired) electrons. The van der Waals surface area contributed by atoms with E-state index in [0.717, 1.165) is 0 Å². The third-order valence-electron chi connectivity index (χ3n) is 1.95. The molecule has 0 spiro atoms. The molecule has 1 heterocycles. The zero-order chi connectivity index (χ0) is 10.7. The second-order valence-electron chi connectivity index (χ2n) is 3.36. The lowest BCUT2D eigenvalue weighted by Crippen LogP contribution is -2.29. The molecule has 0 fully saturated rings. The molecule has 0 aliphatic carbocycles. The lowest BCUT2D eigenvalue weighted by atomic mass is 9.91. The molecule has 0 saturated carbocycles. The van der Waals surface area contributed by atoms with Crippen LogP contribution in [0.25, 0.3) is 0 Å². The van der Waals surface area contributed by atoms with Crippen molar-refractivity contribution in [2.45, 2.75) is 13.8 Å². The quantitative estimate of drug-likeness (QED) is 0.554. The summed E-state index contributed by atoms with van der Waals surface area (Å²) in [5, 5.41) is 8.85. The highest BCUT2D eigenvalue weighted by atomic mass is 16.4. The van der Waals surface area contributed by atoms with Crippen LogP contribution in [0.3, 0.4) is 0 Å². The molecule has 1 aromatic rings. The SMILES string of the molecule is CC(C)C(C(=O)O)C(=O)c1ncc[nH]1. The predicted molar refractivity (Wildman–Crippen MR) is 48.9 cm³/mol. The maximum absolute atomic E-state index is 11.6. The minimum Gasteiger partial charge on any atom is -0.481 e. The van der Waals surface area contributed by atoms with E-state index in [4.69, 9.17) is 5.11 Å². The molecule has 1 aromatic heterocycles. The van der Waals surface area contributed by atoms with Gasteiger partial charge in [0.05, 0.1) is 0 Å². The van der Waals surface area contributed by atoms with Crippen molar-refractivity contribution in [3.05, 3.63) is 18.2 Å². The number of carbonyl (C=O) groups excluding carboxylic acids is 1. The van der Waals surface area contributed by atoms with Gasteiger partial charge in [0.15, 0.2) is 5.82 Å². The maximum atomic E-state index is 11.6. The minimum absolute atomic E-state index is 0.103. The van der Waals surface area contributed by atoms with Crippen LogP contribution in [-0.2, 0) is 4.79 Å². The van der Waals surface area contributed by atoms with Gasteiger partial charge in [-0.2, -0.15) is 0 Å². The van der Waals surface area contributed by atoms with Crippen LogP contribution in [0.1, 0.15) is 24.5 Å². The van der Waals surface area contributed by atoms with Crippen molar-refractivity contribution in [3.63, 3.8) is 0 Å². The Kier molecular flexibility index (Phi) is 3.01. The highest BCUT2D eigenvalue weighted by Crippen LogP contribution is 2.15. The third-order valence-corrected chi connectivity index (χ3v) is 1.95. The summed E-state index contributed by atoms with van der Waals surface area (Å²) in [6, 6.07) is 0. The smallest absolute Gasteiger partial charge is 0.314 e. The van der Waals surface area contributed by atoms with E-state index in [1.807, 2.05) is 0 Å². The Hall–Kier alpha value is -1.65. The van der Waals surface area contributed by atoms with E-state index < -0.39 is 17.7 Å². The fraction of sp³-hybridized carbons (Fsp3) is 0.444. The molecule has 0 aliphatic heterocycles. The Bertz CT molecular complexity index is 330. The van der Waals surface area contributed by atoms with Gasteiger partial charge < -0.3 is 10.1 Å². The molecular formula is C9H12N2O3. The van der Waals surface area contributed by atoms with Gasteiger partial charge in [0.1, 0.15) is 5.92 Å². The van der Waals surface area contributed by atoms with Crippen LogP contribution >= 0.6 is 0 Å². The Morgan fingerprint density at radius 2 is 2.14 bits per heavy atom. The van der Waals surface area contributed by atoms with Crippen LogP contribution in [0.2, 0.25) is 0 Å². The molecule has 1 atom stereocenters. The first-order valence-electron chi connectivity index (χ1n) is 4.30. The summed E-state index contributed by atoms with van der Waals surface area (Å²) in [5.41, 5.74) is 0. The van der Waals surface area contributed by atoms with Crippen molar-refractivity contribution in [1.82, 2.24) is 9.97 Å². The van der Waals surface area contributed by atoms with Gasteiger partial charge in [-0.15, -0.1) is 0 Å². The molecule has 5 nitrogen and oxygen atoms in total. The Morgan fingerprint density at radius 3 is 2.50 bits per heavy atom. The molecule has 2 N–H and O–H groups in total. The average Bonchev–Trinajstić information content (AvgIpc) is 2.53. The number of carboxylic acid groups (broad SMARTS) is 1. The van der Waals surface area contributed by atoms with Crippen LogP contribution in [0, 0.1) is 11.8 Å². The van der Waals surface area contributed by atoms with E-state index in [-0.39, 0.29) is 11.7 Å². The van der Waals surface area contributed by atoms with Gasteiger partial charge in [0, 0.05) is 12.4 Å². The number of imidazole rings is 1. The molecule has 0 bridgehead atoms. The number of Topliss-reactive ketones (excluding diaryl/α,β-unsaturated/α-hetero) is 1. The maximum Gasteiger partial charge on any atom is 0.314 e. The van der Waals surface area contributed by atoms with Gasteiger partial charge in [0.25, 0.3) is 0 Å². The normalized spacial score (nSPS) is 12.8. The molecular weight excluding hydrogens is 184 g/mol. The van der Waals surface area contributed by atoms with Gasteiger partial charge in [-0.25, -0.2) is 4.98 Å². The minimum atomic E-state index is -1.11. The monoisotopic (exact) mass is 196 g/mol. The zero-order valence-electron chi connectivity index (χ0n) is 8.02. The highest BCUT2D eigenvalue weighted by Gasteiger charge is 2.31. The van der Waals surface area contributed by atoms with Crippen molar-refractivity contribution in [2.75, 3.05) is 0 Å². The molecule has 0 saturated heterocycles. The van der Waals surface area contributed by atoms with Crippen molar-refractivity contribution < 1.29 is 14.7 Å². The van der Waals surface area contributed by atoms with E-state index in [9.17, 15) is 9.59 Å². The number of hydrogen-bond acceptors (Lipinski definition) is 3. The average molecular weight is 196 g/mol. The van der Waals surface area contributed by atoms with Crippen molar-refractivity contribution in [3.8, 4) is 0 Å². The summed E-state index contributed by atoms with van der Waals surface area (Å²) in [5.74, 6) is -2.75. The standard InChI is InChI=1S/C9H12N2O3/c1-5(2)6(9(13)14)7(12)8-10-3-4-11-8/h3-6H,1-2H3,(H,10,11)(H,13,14). The zero-order valence-corrected chi connectivity index (χ0v) is 8.02. The summed E-state index contributed by atoms with van der Waals surface area (Å²) < 4.78 is 0. The number of aromatic nitrogens is 2. The van der Waals surface area contributed by atoms with Crippen molar-refractivity contribution in [1.29, 1.82) is 0 Å². The number of nitrogens with zero attached hydrogens (tertiary/aromatic N) is 1. The number of nitrogens with one attached hydrogen (secondary N) is 1. The Balaban J connectivity index is 2.91. The van der Waals surface area contributed by atoms with Crippen LogP contribution in [0.5, 0.6) is 0 Å². The van der Waals surface area contributed by atoms with Gasteiger partial charge in [0.2, 0.25) is 5.78 Å². The molecule has 0 aliphatic rings. The number of aromatic amines is 1. The van der Waals surface area contributed by atoms with Crippen LogP contribution in [0.15, 0.2) is 12.4 Å². The molecule has 14 heavy (non-hydrogen) atoms. The van der Waals surface area contributed by atoms with Gasteiger partial charge in [-0.3, -0.25) is 9.59 Å². The summed E-state index contributed by atoms with van der Waals surface area (Å²) >= 11 is 0. The molecule has 76 valence electrons. The first-order chi connectivity index (χ1) is 6.54. The summed E-state index contributed by atoms with van der Waals surface area (Å²) in [4.78, 5) is 28.8. The van der Waals surface area contributed by atoms with Gasteiger partial charge in [-0.05, 0) is 5.92 Å². The molecule has 0 amide bonds. The summed E-state index contributed by atoms with van der Waals surface area (Å²) in [6.45, 7) is 3.39. The number of ketones is 1. The molecule has 5 heteroatoms. The number of H-pyrrole nitrogens is 1. The molecule has 0 aromatic carbocycles. The van der Waals surface area contributed by atoms with E-state index in [2.05, 4.69) is 9.97 Å². The fourth-order valence-electron chi connectivity index (χ4n) is 1.25. The second-order valence-corrected chi connectivity index (χ2v) is 3.36. The Labute approximate surface area is 81.2 Å². The number of rotatable bonds is 4. The van der Waals surface area contributed by atoms with E-state index in [1.165, 1.54) is 12.4 Å². The summed E-state index contributed by atoms with van der Waals surface area (Å²) in [7, 11) is 0. The first-order valence-corrected chi connectivity index (χ1v) is 4.30. The lowest BCUT2D eigenvalue weighted by molar-refractivity contribution is -0.141. The van der Waals surface area contributed by atoms with Crippen LogP contribution < -0.4 is 0 Å². The highest BCUT2D eigenvalue weighted by molar-refractivity contribution is 6.06. The second kappa shape index (κ2) is 4.04. The summed E-state index contributed by atoms with van der Waals surface area (Å²) in [6.07, 6.45) is 2.92. The molecule has 1 unspecified atom stereocenters. The van der Waals surface area contributed by atoms with E-state index >= 15 is 0 Å². The van der Waals surface area contributed by atoms with Crippen molar-refractivity contribution in [2.24, 2.45) is 11.8 Å². The van der Waals surface area contributed by atoms with Crippen molar-refractivity contribution >= 4 is 11.8 Å².